The van der Waals surface area contributed by atoms with E-state index in [4.69, 9.17) is 5.73 Å². The molecule has 0 radical (unpaired) electrons. The monoisotopic (exact) mass is 225 g/mol. The van der Waals surface area contributed by atoms with Crippen LogP contribution in [-0.2, 0) is 4.79 Å². The summed E-state index contributed by atoms with van der Waals surface area (Å²) in [6.07, 6.45) is 1.76. The zero-order valence-electron chi connectivity index (χ0n) is 8.61. The third kappa shape index (κ3) is 2.18. The van der Waals surface area contributed by atoms with Crippen molar-refractivity contribution in [2.45, 2.75) is 6.42 Å². The number of aromatic nitrogens is 2. The first-order valence-electron chi connectivity index (χ1n) is 4.96. The highest BCUT2D eigenvalue weighted by molar-refractivity contribution is 5.81. The molecule has 0 bridgehead atoms. The molecule has 16 heavy (non-hydrogen) atoms. The molecule has 0 saturated carbocycles. The largest absolute Gasteiger partial charge is 0.368 e. The normalized spacial score (nSPS) is 16.8. The summed E-state index contributed by atoms with van der Waals surface area (Å²) in [6, 6.07) is 0. The molecule has 0 aromatic carbocycles. The van der Waals surface area contributed by atoms with E-state index >= 15 is 0 Å². The number of nitrogens with one attached hydrogen (secondary N) is 1. The summed E-state index contributed by atoms with van der Waals surface area (Å²) < 4.78 is 13.5. The Bertz CT molecular complexity index is 411. The van der Waals surface area contributed by atoms with Gasteiger partial charge in [-0.25, -0.2) is 9.37 Å². The van der Waals surface area contributed by atoms with E-state index in [1.165, 1.54) is 0 Å². The number of carbonyl (C=O) groups excluding carboxylic acids is 1. The van der Waals surface area contributed by atoms with E-state index in [1.54, 1.807) is 4.90 Å². The first-order chi connectivity index (χ1) is 7.66. The topological polar surface area (TPSA) is 84.1 Å². The van der Waals surface area contributed by atoms with Crippen molar-refractivity contribution in [1.29, 1.82) is 0 Å². The summed E-state index contributed by atoms with van der Waals surface area (Å²) in [5.41, 5.74) is 5.39. The Labute approximate surface area is 91.7 Å². The van der Waals surface area contributed by atoms with E-state index < -0.39 is 5.82 Å². The number of nitrogens with zero attached hydrogens (tertiary/aromatic N) is 3. The predicted octanol–water partition coefficient (Wildman–Crippen LogP) is -0.476. The van der Waals surface area contributed by atoms with Crippen LogP contribution in [0.1, 0.15) is 6.42 Å². The summed E-state index contributed by atoms with van der Waals surface area (Å²) >= 11 is 0. The summed E-state index contributed by atoms with van der Waals surface area (Å²) in [7, 11) is 0. The molecule has 1 fully saturated rings. The highest BCUT2D eigenvalue weighted by Gasteiger charge is 2.19. The zero-order valence-corrected chi connectivity index (χ0v) is 8.61. The van der Waals surface area contributed by atoms with Crippen LogP contribution in [0.3, 0.4) is 0 Å². The van der Waals surface area contributed by atoms with Gasteiger partial charge in [-0.15, -0.1) is 0 Å². The van der Waals surface area contributed by atoms with Gasteiger partial charge in [-0.3, -0.25) is 4.79 Å². The molecule has 0 aliphatic carbocycles. The Morgan fingerprint density at radius 1 is 1.56 bits per heavy atom. The molecule has 2 heterocycles. The Morgan fingerprint density at radius 2 is 2.38 bits per heavy atom. The predicted molar refractivity (Wildman–Crippen MR) is 56.2 cm³/mol. The molecule has 2 rings (SSSR count). The molecule has 0 atom stereocenters. The Balaban J connectivity index is 2.27. The number of carbonyl (C=O) groups is 1. The summed E-state index contributed by atoms with van der Waals surface area (Å²) in [5.74, 6) is -0.622. The van der Waals surface area contributed by atoms with Crippen LogP contribution >= 0.6 is 0 Å². The lowest BCUT2D eigenvalue weighted by Gasteiger charge is -2.20. The Hall–Kier alpha value is -1.92. The second kappa shape index (κ2) is 4.30. The maximum atomic E-state index is 13.5. The standard InChI is InChI=1S/C9H12FN5O/c10-6-4-13-9(11)14-8(6)15-3-1-2-12-7(16)5-15/h4H,1-3,5H2,(H,12,16)(H2,11,13,14). The number of hydrogen-bond acceptors (Lipinski definition) is 5. The smallest absolute Gasteiger partial charge is 0.239 e. The van der Waals surface area contributed by atoms with Crippen LogP contribution in [0.25, 0.3) is 0 Å². The van der Waals surface area contributed by atoms with E-state index in [9.17, 15) is 9.18 Å². The number of rotatable bonds is 1. The summed E-state index contributed by atoms with van der Waals surface area (Å²) in [5, 5.41) is 2.70. The van der Waals surface area contributed by atoms with Gasteiger partial charge < -0.3 is 16.0 Å². The van der Waals surface area contributed by atoms with Crippen LogP contribution in [0.15, 0.2) is 6.20 Å². The summed E-state index contributed by atoms with van der Waals surface area (Å²) in [4.78, 5) is 20.2. The molecule has 0 unspecified atom stereocenters. The highest BCUT2D eigenvalue weighted by atomic mass is 19.1. The molecular formula is C9H12FN5O. The molecule has 3 N–H and O–H groups in total. The average Bonchev–Trinajstić information content (AvgIpc) is 2.46. The molecule has 1 saturated heterocycles. The molecule has 1 amide bonds. The minimum atomic E-state index is -0.566. The van der Waals surface area contributed by atoms with Gasteiger partial charge in [-0.05, 0) is 6.42 Å². The van der Waals surface area contributed by atoms with Gasteiger partial charge in [0.25, 0.3) is 0 Å². The van der Waals surface area contributed by atoms with Crippen molar-refractivity contribution in [2.24, 2.45) is 0 Å². The van der Waals surface area contributed by atoms with Crippen LogP contribution in [0.2, 0.25) is 0 Å². The van der Waals surface area contributed by atoms with Gasteiger partial charge in [0.2, 0.25) is 11.9 Å². The van der Waals surface area contributed by atoms with Gasteiger partial charge in [0.15, 0.2) is 11.6 Å². The SMILES string of the molecule is Nc1ncc(F)c(N2CCCNC(=O)C2)n1. The minimum absolute atomic E-state index is 0.000977. The average molecular weight is 225 g/mol. The van der Waals surface area contributed by atoms with Gasteiger partial charge in [0, 0.05) is 13.1 Å². The lowest BCUT2D eigenvalue weighted by atomic mass is 10.4. The van der Waals surface area contributed by atoms with Crippen molar-refractivity contribution in [3.63, 3.8) is 0 Å². The summed E-state index contributed by atoms with van der Waals surface area (Å²) in [6.45, 7) is 1.25. The van der Waals surface area contributed by atoms with Gasteiger partial charge in [0.1, 0.15) is 0 Å². The Kier molecular flexibility index (Phi) is 2.84. The molecule has 7 heteroatoms. The maximum absolute atomic E-state index is 13.5. The fraction of sp³-hybridized carbons (Fsp3) is 0.444. The highest BCUT2D eigenvalue weighted by Crippen LogP contribution is 2.17. The second-order valence-electron chi connectivity index (χ2n) is 3.52. The maximum Gasteiger partial charge on any atom is 0.239 e. The second-order valence-corrected chi connectivity index (χ2v) is 3.52. The third-order valence-corrected chi connectivity index (χ3v) is 2.31. The molecule has 6 nitrogen and oxygen atoms in total. The van der Waals surface area contributed by atoms with Gasteiger partial charge in [-0.1, -0.05) is 0 Å². The molecule has 1 aliphatic rings. The van der Waals surface area contributed by atoms with Gasteiger partial charge >= 0.3 is 0 Å². The van der Waals surface area contributed by atoms with Crippen LogP contribution in [0, 0.1) is 5.82 Å². The van der Waals surface area contributed by atoms with Crippen LogP contribution in [-0.4, -0.2) is 35.5 Å². The van der Waals surface area contributed by atoms with Gasteiger partial charge in [0.05, 0.1) is 12.7 Å². The van der Waals surface area contributed by atoms with Crippen LogP contribution < -0.4 is 16.0 Å². The number of amides is 1. The van der Waals surface area contributed by atoms with Crippen molar-refractivity contribution < 1.29 is 9.18 Å². The van der Waals surface area contributed by atoms with Crippen LogP contribution in [0.4, 0.5) is 16.2 Å². The fourth-order valence-corrected chi connectivity index (χ4v) is 1.58. The fourth-order valence-electron chi connectivity index (χ4n) is 1.58. The molecular weight excluding hydrogens is 213 g/mol. The molecule has 86 valence electrons. The van der Waals surface area contributed by atoms with Crippen molar-refractivity contribution in [3.8, 4) is 0 Å². The van der Waals surface area contributed by atoms with Crippen molar-refractivity contribution in [2.75, 3.05) is 30.3 Å². The quantitative estimate of drug-likeness (QED) is 0.674. The number of nitrogens with two attached hydrogens (primary N) is 1. The van der Waals surface area contributed by atoms with Crippen molar-refractivity contribution >= 4 is 17.7 Å². The lowest BCUT2D eigenvalue weighted by molar-refractivity contribution is -0.119. The van der Waals surface area contributed by atoms with E-state index in [1.807, 2.05) is 0 Å². The molecule has 0 spiro atoms. The van der Waals surface area contributed by atoms with E-state index in [0.29, 0.717) is 13.1 Å². The molecule has 1 aliphatic heterocycles. The number of anilines is 2. The number of halogens is 1. The third-order valence-electron chi connectivity index (χ3n) is 2.31. The van der Waals surface area contributed by atoms with Crippen molar-refractivity contribution in [3.05, 3.63) is 12.0 Å². The van der Waals surface area contributed by atoms with E-state index in [0.717, 1.165) is 12.6 Å². The zero-order chi connectivity index (χ0) is 11.5. The lowest BCUT2D eigenvalue weighted by Crippen LogP contribution is -2.34. The molecule has 1 aromatic rings. The molecule has 1 aromatic heterocycles. The minimum Gasteiger partial charge on any atom is -0.368 e. The van der Waals surface area contributed by atoms with E-state index in [2.05, 4.69) is 15.3 Å². The first kappa shape index (κ1) is 10.6. The van der Waals surface area contributed by atoms with Crippen molar-refractivity contribution in [1.82, 2.24) is 15.3 Å². The number of nitrogen functional groups attached to an aromatic ring is 1. The van der Waals surface area contributed by atoms with E-state index in [-0.39, 0.29) is 24.2 Å². The van der Waals surface area contributed by atoms with Gasteiger partial charge in [-0.2, -0.15) is 4.98 Å². The van der Waals surface area contributed by atoms with Crippen LogP contribution in [0.5, 0.6) is 0 Å². The first-order valence-corrected chi connectivity index (χ1v) is 4.96. The number of hydrogen-bond donors (Lipinski definition) is 2. The Morgan fingerprint density at radius 3 is 3.19 bits per heavy atom.